The first-order valence-corrected chi connectivity index (χ1v) is 10.1. The van der Waals surface area contributed by atoms with Crippen LogP contribution < -0.4 is 20.1 Å². The number of nitrogens with one attached hydrogen (secondary N) is 2. The quantitative estimate of drug-likeness (QED) is 0.472. The van der Waals surface area contributed by atoms with Crippen LogP contribution in [-0.4, -0.2) is 26.7 Å². The number of halogens is 3. The van der Waals surface area contributed by atoms with E-state index in [1.54, 1.807) is 18.2 Å². The molecule has 0 amide bonds. The van der Waals surface area contributed by atoms with E-state index in [0.29, 0.717) is 46.3 Å². The summed E-state index contributed by atoms with van der Waals surface area (Å²) < 4.78 is 11.7. The molecule has 0 aliphatic rings. The van der Waals surface area contributed by atoms with Gasteiger partial charge in [-0.2, -0.15) is 0 Å². The molecule has 0 aromatic heterocycles. The zero-order valence-corrected chi connectivity index (χ0v) is 17.8. The third-order valence-corrected chi connectivity index (χ3v) is 4.85. The second kappa shape index (κ2) is 11.6. The molecular formula is C20H25Cl3N2O2. The summed E-state index contributed by atoms with van der Waals surface area (Å²) >= 11 is 18.6. The lowest BCUT2D eigenvalue weighted by atomic mass is 10.2. The molecule has 7 heteroatoms. The largest absolute Gasteiger partial charge is 0.490 e. The van der Waals surface area contributed by atoms with E-state index in [4.69, 9.17) is 44.3 Å². The number of hydrogen-bond acceptors (Lipinski definition) is 4. The van der Waals surface area contributed by atoms with Gasteiger partial charge in [0.25, 0.3) is 0 Å². The first-order valence-electron chi connectivity index (χ1n) is 8.92. The van der Waals surface area contributed by atoms with Gasteiger partial charge in [-0.3, -0.25) is 0 Å². The van der Waals surface area contributed by atoms with Crippen molar-refractivity contribution >= 4 is 34.8 Å². The van der Waals surface area contributed by atoms with Gasteiger partial charge in [-0.25, -0.2) is 0 Å². The Morgan fingerprint density at radius 3 is 2.33 bits per heavy atom. The van der Waals surface area contributed by atoms with Gasteiger partial charge in [-0.15, -0.1) is 0 Å². The summed E-state index contributed by atoms with van der Waals surface area (Å²) in [5, 5.41) is 8.30. The molecule has 0 radical (unpaired) electrons. The Hall–Kier alpha value is -1.17. The molecule has 0 bridgehead atoms. The SMILES string of the molecule is CCOc1cc(CNCCCNC)c(Cl)cc1OCc1ccc(Cl)cc1Cl. The Labute approximate surface area is 176 Å². The maximum atomic E-state index is 6.44. The molecule has 0 aliphatic carbocycles. The molecule has 0 atom stereocenters. The highest BCUT2D eigenvalue weighted by molar-refractivity contribution is 6.35. The van der Waals surface area contributed by atoms with Gasteiger partial charge in [0, 0.05) is 33.2 Å². The van der Waals surface area contributed by atoms with Gasteiger partial charge >= 0.3 is 0 Å². The first-order chi connectivity index (χ1) is 13.0. The smallest absolute Gasteiger partial charge is 0.163 e. The molecule has 2 aromatic rings. The van der Waals surface area contributed by atoms with Crippen LogP contribution >= 0.6 is 34.8 Å². The van der Waals surface area contributed by atoms with Crippen molar-refractivity contribution in [2.75, 3.05) is 26.7 Å². The molecule has 4 nitrogen and oxygen atoms in total. The first kappa shape index (κ1) is 22.1. The molecular weight excluding hydrogens is 407 g/mol. The van der Waals surface area contributed by atoms with Crippen LogP contribution in [0, 0.1) is 0 Å². The maximum absolute atomic E-state index is 6.44. The number of ether oxygens (including phenoxy) is 2. The zero-order valence-electron chi connectivity index (χ0n) is 15.6. The molecule has 2 aromatic carbocycles. The molecule has 0 unspecified atom stereocenters. The van der Waals surface area contributed by atoms with Crippen molar-refractivity contribution in [2.45, 2.75) is 26.5 Å². The second-order valence-corrected chi connectivity index (χ2v) is 7.23. The fourth-order valence-electron chi connectivity index (χ4n) is 2.50. The zero-order chi connectivity index (χ0) is 19.6. The van der Waals surface area contributed by atoms with E-state index in [9.17, 15) is 0 Å². The van der Waals surface area contributed by atoms with Crippen LogP contribution in [0.5, 0.6) is 11.5 Å². The fourth-order valence-corrected chi connectivity index (χ4v) is 3.18. The van der Waals surface area contributed by atoms with E-state index in [1.165, 1.54) is 0 Å². The van der Waals surface area contributed by atoms with Crippen molar-refractivity contribution in [1.29, 1.82) is 0 Å². The van der Waals surface area contributed by atoms with Gasteiger partial charge in [0.2, 0.25) is 0 Å². The molecule has 0 fully saturated rings. The molecule has 148 valence electrons. The minimum Gasteiger partial charge on any atom is -0.490 e. The summed E-state index contributed by atoms with van der Waals surface area (Å²) in [5.74, 6) is 1.26. The third kappa shape index (κ3) is 7.05. The number of benzene rings is 2. The van der Waals surface area contributed by atoms with Crippen molar-refractivity contribution in [2.24, 2.45) is 0 Å². The van der Waals surface area contributed by atoms with Gasteiger partial charge in [-0.1, -0.05) is 40.9 Å². The van der Waals surface area contributed by atoms with Crippen molar-refractivity contribution in [3.8, 4) is 11.5 Å². The molecule has 0 spiro atoms. The standard InChI is InChI=1S/C20H25Cl3N2O2/c1-3-26-19-9-15(12-25-8-4-7-24-2)18(23)11-20(19)27-13-14-5-6-16(21)10-17(14)22/h5-6,9-11,24-25H,3-4,7-8,12-13H2,1-2H3. The molecule has 0 saturated heterocycles. The minimum atomic E-state index is 0.300. The highest BCUT2D eigenvalue weighted by Gasteiger charge is 2.12. The predicted molar refractivity (Wildman–Crippen MR) is 114 cm³/mol. The topological polar surface area (TPSA) is 42.5 Å². The van der Waals surface area contributed by atoms with Crippen molar-refractivity contribution in [3.05, 3.63) is 56.5 Å². The Morgan fingerprint density at radius 1 is 0.889 bits per heavy atom. The Kier molecular flexibility index (Phi) is 9.52. The van der Waals surface area contributed by atoms with Gasteiger partial charge < -0.3 is 20.1 Å². The van der Waals surface area contributed by atoms with E-state index >= 15 is 0 Å². The van der Waals surface area contributed by atoms with E-state index in [-0.39, 0.29) is 0 Å². The van der Waals surface area contributed by atoms with Crippen LogP contribution in [0.1, 0.15) is 24.5 Å². The number of rotatable bonds is 11. The second-order valence-electron chi connectivity index (χ2n) is 5.98. The van der Waals surface area contributed by atoms with Crippen LogP contribution in [0.4, 0.5) is 0 Å². The predicted octanol–water partition coefficient (Wildman–Crippen LogP) is 5.32. The lowest BCUT2D eigenvalue weighted by Gasteiger charge is -2.16. The molecule has 2 N–H and O–H groups in total. The lowest BCUT2D eigenvalue weighted by molar-refractivity contribution is 0.269. The Balaban J connectivity index is 2.07. The van der Waals surface area contributed by atoms with Gasteiger partial charge in [0.05, 0.1) is 6.61 Å². The van der Waals surface area contributed by atoms with Crippen molar-refractivity contribution in [1.82, 2.24) is 10.6 Å². The Bertz CT molecular complexity index is 741. The Morgan fingerprint density at radius 2 is 1.63 bits per heavy atom. The summed E-state index contributed by atoms with van der Waals surface area (Å²) in [6, 6.07) is 9.04. The number of hydrogen-bond donors (Lipinski definition) is 2. The van der Waals surface area contributed by atoms with Crippen molar-refractivity contribution in [3.63, 3.8) is 0 Å². The van der Waals surface area contributed by atoms with Crippen molar-refractivity contribution < 1.29 is 9.47 Å². The minimum absolute atomic E-state index is 0.300. The van der Waals surface area contributed by atoms with Crippen LogP contribution in [0.15, 0.2) is 30.3 Å². The summed E-state index contributed by atoms with van der Waals surface area (Å²) in [6.45, 7) is 5.33. The summed E-state index contributed by atoms with van der Waals surface area (Å²) in [4.78, 5) is 0. The van der Waals surface area contributed by atoms with E-state index in [2.05, 4.69) is 10.6 Å². The summed E-state index contributed by atoms with van der Waals surface area (Å²) in [6.07, 6.45) is 1.05. The highest BCUT2D eigenvalue weighted by atomic mass is 35.5. The maximum Gasteiger partial charge on any atom is 0.163 e. The normalized spacial score (nSPS) is 10.9. The third-order valence-electron chi connectivity index (χ3n) is 3.91. The van der Waals surface area contributed by atoms with Gasteiger partial charge in [0.1, 0.15) is 6.61 Å². The molecule has 0 aliphatic heterocycles. The van der Waals surface area contributed by atoms with Gasteiger partial charge in [0.15, 0.2) is 11.5 Å². The van der Waals surface area contributed by atoms with Crippen LogP contribution in [-0.2, 0) is 13.2 Å². The summed E-state index contributed by atoms with van der Waals surface area (Å²) in [5.41, 5.74) is 1.82. The lowest BCUT2D eigenvalue weighted by Crippen LogP contribution is -2.19. The van der Waals surface area contributed by atoms with Crippen LogP contribution in [0.25, 0.3) is 0 Å². The molecule has 0 saturated carbocycles. The fraction of sp³-hybridized carbons (Fsp3) is 0.400. The average molecular weight is 432 g/mol. The van der Waals surface area contributed by atoms with E-state index in [0.717, 1.165) is 30.6 Å². The molecule has 27 heavy (non-hydrogen) atoms. The van der Waals surface area contributed by atoms with E-state index < -0.39 is 0 Å². The summed E-state index contributed by atoms with van der Waals surface area (Å²) in [7, 11) is 1.95. The van der Waals surface area contributed by atoms with Gasteiger partial charge in [-0.05, 0) is 57.2 Å². The average Bonchev–Trinajstić information content (AvgIpc) is 2.63. The highest BCUT2D eigenvalue weighted by Crippen LogP contribution is 2.35. The van der Waals surface area contributed by atoms with E-state index in [1.807, 2.05) is 26.1 Å². The molecule has 2 rings (SSSR count). The monoisotopic (exact) mass is 430 g/mol. The molecule has 0 heterocycles. The van der Waals surface area contributed by atoms with Crippen LogP contribution in [0.3, 0.4) is 0 Å². The van der Waals surface area contributed by atoms with Crippen LogP contribution in [0.2, 0.25) is 15.1 Å².